The highest BCUT2D eigenvalue weighted by molar-refractivity contribution is 7.15. The Balaban J connectivity index is 0.000000604. The van der Waals surface area contributed by atoms with E-state index >= 15 is 0 Å². The summed E-state index contributed by atoms with van der Waals surface area (Å²) in [6.07, 6.45) is 2.81. The second kappa shape index (κ2) is 13.5. The number of amides is 1. The molecule has 1 aliphatic heterocycles. The van der Waals surface area contributed by atoms with Gasteiger partial charge in [-0.15, -0.1) is 11.3 Å². The highest BCUT2D eigenvalue weighted by atomic mass is 32.1. The van der Waals surface area contributed by atoms with Crippen LogP contribution in [-0.4, -0.2) is 65.2 Å². The number of benzene rings is 1. The Kier molecular flexibility index (Phi) is 10.7. The van der Waals surface area contributed by atoms with Gasteiger partial charge in [-0.3, -0.25) is 4.79 Å². The molecule has 1 saturated heterocycles. The van der Waals surface area contributed by atoms with Crippen molar-refractivity contribution in [3.8, 4) is 11.1 Å². The van der Waals surface area contributed by atoms with Gasteiger partial charge in [0.25, 0.3) is 0 Å². The molecule has 3 N–H and O–H groups in total. The number of nitrogens with one attached hydrogen (secondary N) is 1. The van der Waals surface area contributed by atoms with Crippen LogP contribution in [0.1, 0.15) is 43.5 Å². The van der Waals surface area contributed by atoms with E-state index in [1.54, 1.807) is 6.92 Å². The lowest BCUT2D eigenvalue weighted by Crippen LogP contribution is -2.35. The van der Waals surface area contributed by atoms with Crippen LogP contribution in [0.5, 0.6) is 0 Å². The number of aliphatic carboxylic acids is 2. The predicted molar refractivity (Wildman–Crippen MR) is 129 cm³/mol. The van der Waals surface area contributed by atoms with E-state index in [1.165, 1.54) is 24.2 Å². The van der Waals surface area contributed by atoms with Crippen molar-refractivity contribution in [1.29, 1.82) is 0 Å². The maximum Gasteiger partial charge on any atom is 0.414 e. The van der Waals surface area contributed by atoms with E-state index in [-0.39, 0.29) is 5.91 Å². The number of rotatable bonds is 7. The number of anilines is 1. The van der Waals surface area contributed by atoms with E-state index in [1.807, 2.05) is 35.7 Å². The average molecular weight is 491 g/mol. The minimum atomic E-state index is -1.82. The van der Waals surface area contributed by atoms with Gasteiger partial charge in [0, 0.05) is 23.9 Å². The normalized spacial score (nSPS) is 13.9. The molecule has 0 aliphatic carbocycles. The number of likely N-dealkylation sites (tertiary alicyclic amines) is 1. The molecular formula is C24H30N2O7S. The van der Waals surface area contributed by atoms with Crippen LogP contribution in [0.4, 0.5) is 5.00 Å². The number of carboxylic acids is 2. The lowest BCUT2D eigenvalue weighted by atomic mass is 9.99. The highest BCUT2D eigenvalue weighted by Crippen LogP contribution is 2.36. The Morgan fingerprint density at radius 3 is 2.26 bits per heavy atom. The third kappa shape index (κ3) is 8.27. The van der Waals surface area contributed by atoms with E-state index < -0.39 is 17.9 Å². The lowest BCUT2D eigenvalue weighted by Gasteiger charge is -2.29. The zero-order chi connectivity index (χ0) is 25.1. The van der Waals surface area contributed by atoms with Gasteiger partial charge in [0.2, 0.25) is 5.91 Å². The van der Waals surface area contributed by atoms with Crippen molar-refractivity contribution in [3.63, 3.8) is 0 Å². The number of carboxylic acid groups (broad SMARTS) is 2. The van der Waals surface area contributed by atoms with E-state index in [9.17, 15) is 9.59 Å². The van der Waals surface area contributed by atoms with Crippen LogP contribution in [-0.2, 0) is 19.1 Å². The number of carbonyl (C=O) groups is 4. The predicted octanol–water partition coefficient (Wildman–Crippen LogP) is 3.81. The SMILES string of the molecule is CCOC(=O)c1c(-c2ccccc2)csc1NC(=O)CCN1CCC(C)CC1.O=C(O)C(=O)O. The van der Waals surface area contributed by atoms with Crippen molar-refractivity contribution in [2.24, 2.45) is 5.92 Å². The largest absolute Gasteiger partial charge is 0.473 e. The summed E-state index contributed by atoms with van der Waals surface area (Å²) >= 11 is 1.37. The van der Waals surface area contributed by atoms with Crippen LogP contribution in [0.2, 0.25) is 0 Å². The number of carbonyl (C=O) groups excluding carboxylic acids is 2. The Labute approximate surface area is 202 Å². The molecule has 0 atom stereocenters. The van der Waals surface area contributed by atoms with Gasteiger partial charge in [0.05, 0.1) is 6.61 Å². The first-order valence-corrected chi connectivity index (χ1v) is 11.9. The van der Waals surface area contributed by atoms with Gasteiger partial charge in [0.15, 0.2) is 0 Å². The molecule has 3 rings (SSSR count). The molecule has 1 aromatic carbocycles. The zero-order valence-electron chi connectivity index (χ0n) is 19.3. The molecule has 9 nitrogen and oxygen atoms in total. The van der Waals surface area contributed by atoms with E-state index in [0.29, 0.717) is 23.6 Å². The summed E-state index contributed by atoms with van der Waals surface area (Å²) in [5.74, 6) is -3.33. The Morgan fingerprint density at radius 2 is 1.71 bits per heavy atom. The van der Waals surface area contributed by atoms with Gasteiger partial charge in [-0.1, -0.05) is 37.3 Å². The fourth-order valence-corrected chi connectivity index (χ4v) is 4.39. The van der Waals surface area contributed by atoms with Crippen LogP contribution in [0.3, 0.4) is 0 Å². The van der Waals surface area contributed by atoms with Gasteiger partial charge >= 0.3 is 17.9 Å². The lowest BCUT2D eigenvalue weighted by molar-refractivity contribution is -0.159. The summed E-state index contributed by atoms with van der Waals surface area (Å²) < 4.78 is 5.24. The molecule has 1 aliphatic rings. The Hall–Kier alpha value is -3.24. The zero-order valence-corrected chi connectivity index (χ0v) is 20.1. The number of thiophene rings is 1. The molecule has 0 radical (unpaired) electrons. The van der Waals surface area contributed by atoms with Gasteiger partial charge < -0.3 is 25.2 Å². The second-order valence-corrected chi connectivity index (χ2v) is 8.75. The van der Waals surface area contributed by atoms with Crippen LogP contribution < -0.4 is 5.32 Å². The number of piperidine rings is 1. The summed E-state index contributed by atoms with van der Waals surface area (Å²) in [6.45, 7) is 7.22. The van der Waals surface area contributed by atoms with Crippen molar-refractivity contribution >= 4 is 40.2 Å². The molecular weight excluding hydrogens is 460 g/mol. The van der Waals surface area contributed by atoms with Crippen molar-refractivity contribution in [2.75, 3.05) is 31.6 Å². The van der Waals surface area contributed by atoms with Gasteiger partial charge in [-0.05, 0) is 44.3 Å². The van der Waals surface area contributed by atoms with Crippen molar-refractivity contribution in [2.45, 2.75) is 33.1 Å². The highest BCUT2D eigenvalue weighted by Gasteiger charge is 2.23. The minimum Gasteiger partial charge on any atom is -0.473 e. The monoisotopic (exact) mass is 490 g/mol. The number of ether oxygens (including phenoxy) is 1. The number of esters is 1. The third-order valence-corrected chi connectivity index (χ3v) is 6.22. The van der Waals surface area contributed by atoms with Crippen LogP contribution in [0.15, 0.2) is 35.7 Å². The van der Waals surface area contributed by atoms with Crippen LogP contribution >= 0.6 is 11.3 Å². The molecule has 34 heavy (non-hydrogen) atoms. The first-order chi connectivity index (χ1) is 16.2. The second-order valence-electron chi connectivity index (χ2n) is 7.87. The molecule has 2 aromatic rings. The summed E-state index contributed by atoms with van der Waals surface area (Å²) in [4.78, 5) is 45.6. The molecule has 1 amide bonds. The Morgan fingerprint density at radius 1 is 1.09 bits per heavy atom. The summed E-state index contributed by atoms with van der Waals surface area (Å²) in [5, 5.41) is 20.2. The first-order valence-electron chi connectivity index (χ1n) is 11.0. The standard InChI is InChI=1S/C22H28N2O3S.C2H2O4/c1-3-27-22(26)20-18(17-7-5-4-6-8-17)15-28-21(20)23-19(25)11-14-24-12-9-16(2)10-13-24;3-1(4)2(5)6/h4-8,15-16H,3,9-14H2,1-2H3,(H,23,25);(H,3,4)(H,5,6). The molecule has 2 heterocycles. The van der Waals surface area contributed by atoms with Crippen molar-refractivity contribution in [1.82, 2.24) is 4.90 Å². The van der Waals surface area contributed by atoms with Crippen molar-refractivity contribution in [3.05, 3.63) is 41.3 Å². The number of hydrogen-bond acceptors (Lipinski definition) is 7. The maximum absolute atomic E-state index is 12.6. The molecule has 0 saturated carbocycles. The van der Waals surface area contributed by atoms with E-state index in [0.717, 1.165) is 36.7 Å². The first kappa shape index (κ1) is 27.0. The molecule has 0 bridgehead atoms. The van der Waals surface area contributed by atoms with Gasteiger partial charge in [0.1, 0.15) is 10.6 Å². The summed E-state index contributed by atoms with van der Waals surface area (Å²) in [7, 11) is 0. The van der Waals surface area contributed by atoms with Gasteiger partial charge in [-0.2, -0.15) is 0 Å². The molecule has 10 heteroatoms. The smallest absolute Gasteiger partial charge is 0.414 e. The Bertz CT molecular complexity index is 970. The number of hydrogen-bond donors (Lipinski definition) is 3. The molecule has 184 valence electrons. The molecule has 0 unspecified atom stereocenters. The van der Waals surface area contributed by atoms with Crippen LogP contribution in [0.25, 0.3) is 11.1 Å². The molecule has 0 spiro atoms. The quantitative estimate of drug-likeness (QED) is 0.394. The van der Waals surface area contributed by atoms with E-state index in [2.05, 4.69) is 17.1 Å². The maximum atomic E-state index is 12.6. The third-order valence-electron chi connectivity index (χ3n) is 5.32. The van der Waals surface area contributed by atoms with Crippen LogP contribution in [0, 0.1) is 5.92 Å². The fraction of sp³-hybridized carbons (Fsp3) is 0.417. The van der Waals surface area contributed by atoms with E-state index in [4.69, 9.17) is 24.5 Å². The topological polar surface area (TPSA) is 133 Å². The molecule has 1 fully saturated rings. The minimum absolute atomic E-state index is 0.0642. The molecule has 1 aromatic heterocycles. The number of nitrogens with zero attached hydrogens (tertiary/aromatic N) is 1. The van der Waals surface area contributed by atoms with Crippen molar-refractivity contribution < 1.29 is 34.1 Å². The summed E-state index contributed by atoms with van der Waals surface area (Å²) in [5.41, 5.74) is 2.17. The fourth-order valence-electron chi connectivity index (χ4n) is 3.42. The average Bonchev–Trinajstić information content (AvgIpc) is 3.23. The summed E-state index contributed by atoms with van der Waals surface area (Å²) in [6, 6.07) is 9.70. The van der Waals surface area contributed by atoms with Gasteiger partial charge in [-0.25, -0.2) is 14.4 Å².